The molecule has 5 saturated carbocycles. The monoisotopic (exact) mass is 464 g/mol. The summed E-state index contributed by atoms with van der Waals surface area (Å²) in [4.78, 5) is 0. The first-order valence-corrected chi connectivity index (χ1v) is 14.1. The zero-order chi connectivity index (χ0) is 24.7. The Balaban J connectivity index is 1.59. The van der Waals surface area contributed by atoms with Gasteiger partial charge in [-0.3, -0.25) is 0 Å². The van der Waals surface area contributed by atoms with Gasteiger partial charge in [0.15, 0.2) is 0 Å². The molecule has 0 aromatic rings. The summed E-state index contributed by atoms with van der Waals surface area (Å²) in [5.41, 5.74) is 1.28. The predicted octanol–water partition coefficient (Wildman–Crippen LogP) is 6.78. The topological polar surface area (TPSA) is 40.5 Å². The van der Waals surface area contributed by atoms with E-state index in [1.54, 1.807) is 0 Å². The van der Waals surface area contributed by atoms with Crippen molar-refractivity contribution >= 4 is 0 Å². The van der Waals surface area contributed by atoms with Gasteiger partial charge in [-0.25, -0.2) is 0 Å². The van der Waals surface area contributed by atoms with Crippen molar-refractivity contribution in [2.75, 3.05) is 6.61 Å². The largest absolute Gasteiger partial charge is 0.396 e. The van der Waals surface area contributed by atoms with E-state index in [1.165, 1.54) is 18.4 Å². The fourth-order valence-electron chi connectivity index (χ4n) is 11.5. The SMILES string of the molecule is C#C[C@@]12CC[C@@]3(CO)CC[C@@H](C(=C)C)[C@@H]3[C@H]1CC[C@@H]1[C@@]3(C)CC[C@H](O)[C@@](C)(C=C)[C@@H]3CC[C@]12C. The van der Waals surface area contributed by atoms with Gasteiger partial charge >= 0.3 is 0 Å². The lowest BCUT2D eigenvalue weighted by molar-refractivity contribution is -0.232. The molecule has 0 aromatic heterocycles. The summed E-state index contributed by atoms with van der Waals surface area (Å²) < 4.78 is 0. The summed E-state index contributed by atoms with van der Waals surface area (Å²) in [6.45, 7) is 18.5. The summed E-state index contributed by atoms with van der Waals surface area (Å²) in [6, 6.07) is 0. The molecule has 2 N–H and O–H groups in total. The van der Waals surface area contributed by atoms with Crippen molar-refractivity contribution in [3.63, 3.8) is 0 Å². The summed E-state index contributed by atoms with van der Waals surface area (Å²) in [7, 11) is 0. The van der Waals surface area contributed by atoms with Crippen LogP contribution in [0.2, 0.25) is 0 Å². The Hall–Kier alpha value is -1.04. The number of fused-ring (bicyclic) bond motifs is 7. The Labute approximate surface area is 208 Å². The van der Waals surface area contributed by atoms with Crippen LogP contribution in [0.4, 0.5) is 0 Å². The van der Waals surface area contributed by atoms with Crippen molar-refractivity contribution in [2.24, 2.45) is 56.7 Å². The Bertz CT molecular complexity index is 914. The standard InChI is InChI=1S/C32H48O2/c1-8-28(5)24-13-16-30(7)25(29(24,6)15-14-26(28)34)11-10-23-27-22(21(3)4)12-17-31(27,20-33)18-19-32(23,30)9-2/h2,8,22-27,33-34H,1,3,10-20H2,4-7H3/t22-,23+,24-,25+,26-,27+,28-,29-,30+,31+,32+/m0/s1. The van der Waals surface area contributed by atoms with Crippen LogP contribution < -0.4 is 0 Å². The van der Waals surface area contributed by atoms with Crippen molar-refractivity contribution < 1.29 is 10.2 Å². The Morgan fingerprint density at radius 3 is 2.35 bits per heavy atom. The second kappa shape index (κ2) is 7.73. The number of hydrogen-bond acceptors (Lipinski definition) is 2. The molecule has 0 heterocycles. The van der Waals surface area contributed by atoms with E-state index >= 15 is 0 Å². The summed E-state index contributed by atoms with van der Waals surface area (Å²) in [5.74, 6) is 6.01. The van der Waals surface area contributed by atoms with Crippen LogP contribution in [0, 0.1) is 69.0 Å². The van der Waals surface area contributed by atoms with Crippen LogP contribution in [-0.2, 0) is 0 Å². The van der Waals surface area contributed by atoms with E-state index in [0.29, 0.717) is 36.2 Å². The van der Waals surface area contributed by atoms with Crippen LogP contribution in [-0.4, -0.2) is 22.9 Å². The highest BCUT2D eigenvalue weighted by Gasteiger charge is 2.72. The normalized spacial score (nSPS) is 56.3. The van der Waals surface area contributed by atoms with E-state index in [-0.39, 0.29) is 33.2 Å². The van der Waals surface area contributed by atoms with Gasteiger partial charge in [-0.05, 0) is 117 Å². The van der Waals surface area contributed by atoms with Crippen LogP contribution in [0.1, 0.15) is 91.9 Å². The van der Waals surface area contributed by atoms with Crippen LogP contribution in [0.15, 0.2) is 24.8 Å². The van der Waals surface area contributed by atoms with Gasteiger partial charge in [-0.1, -0.05) is 44.9 Å². The second-order valence-corrected chi connectivity index (χ2v) is 14.0. The lowest BCUT2D eigenvalue weighted by atomic mass is 9.32. The number of aliphatic hydroxyl groups is 2. The average molecular weight is 465 g/mol. The molecule has 0 spiro atoms. The third-order valence-corrected chi connectivity index (χ3v) is 13.3. The van der Waals surface area contributed by atoms with E-state index < -0.39 is 0 Å². The van der Waals surface area contributed by atoms with Crippen molar-refractivity contribution in [1.29, 1.82) is 0 Å². The molecule has 188 valence electrons. The van der Waals surface area contributed by atoms with E-state index in [2.05, 4.69) is 52.8 Å². The van der Waals surface area contributed by atoms with Gasteiger partial charge in [-0.2, -0.15) is 0 Å². The van der Waals surface area contributed by atoms with E-state index in [4.69, 9.17) is 6.42 Å². The van der Waals surface area contributed by atoms with Gasteiger partial charge in [0.1, 0.15) is 0 Å². The molecular weight excluding hydrogens is 416 g/mol. The third-order valence-electron chi connectivity index (χ3n) is 13.3. The smallest absolute Gasteiger partial charge is 0.0631 e. The molecule has 0 amide bonds. The molecule has 5 fully saturated rings. The molecule has 34 heavy (non-hydrogen) atoms. The number of terminal acetylenes is 1. The molecule has 5 aliphatic rings. The minimum atomic E-state index is -0.292. The van der Waals surface area contributed by atoms with Gasteiger partial charge in [0.05, 0.1) is 6.10 Å². The minimum Gasteiger partial charge on any atom is -0.396 e. The number of hydrogen-bond donors (Lipinski definition) is 2. The molecule has 0 saturated heterocycles. The van der Waals surface area contributed by atoms with Crippen molar-refractivity contribution in [3.05, 3.63) is 24.8 Å². The van der Waals surface area contributed by atoms with Gasteiger partial charge in [0.25, 0.3) is 0 Å². The van der Waals surface area contributed by atoms with E-state index in [0.717, 1.165) is 51.4 Å². The molecule has 0 aliphatic heterocycles. The van der Waals surface area contributed by atoms with Gasteiger partial charge in [0.2, 0.25) is 0 Å². The molecule has 0 bridgehead atoms. The lowest BCUT2D eigenvalue weighted by Gasteiger charge is -2.72. The fourth-order valence-corrected chi connectivity index (χ4v) is 11.5. The maximum absolute atomic E-state index is 11.0. The molecular formula is C32H48O2. The molecule has 0 aromatic carbocycles. The first-order valence-electron chi connectivity index (χ1n) is 14.1. The Kier molecular flexibility index (Phi) is 5.60. The lowest BCUT2D eigenvalue weighted by Crippen LogP contribution is -2.67. The maximum atomic E-state index is 11.0. The Morgan fingerprint density at radius 2 is 1.74 bits per heavy atom. The van der Waals surface area contributed by atoms with Crippen LogP contribution in [0.25, 0.3) is 0 Å². The van der Waals surface area contributed by atoms with Crippen molar-refractivity contribution in [2.45, 2.75) is 98.0 Å². The molecule has 11 atom stereocenters. The minimum absolute atomic E-state index is 0.0370. The van der Waals surface area contributed by atoms with Gasteiger partial charge in [0, 0.05) is 17.4 Å². The number of rotatable bonds is 3. The van der Waals surface area contributed by atoms with E-state index in [1.807, 2.05) is 0 Å². The summed E-state index contributed by atoms with van der Waals surface area (Å²) in [5, 5.41) is 21.7. The highest BCUT2D eigenvalue weighted by atomic mass is 16.3. The molecule has 0 unspecified atom stereocenters. The molecule has 5 aliphatic carbocycles. The first-order chi connectivity index (χ1) is 16.0. The first kappa shape index (κ1) is 24.6. The summed E-state index contributed by atoms with van der Waals surface area (Å²) in [6.07, 6.45) is 19.5. The Morgan fingerprint density at radius 1 is 1.00 bits per heavy atom. The third kappa shape index (κ3) is 2.73. The van der Waals surface area contributed by atoms with E-state index in [9.17, 15) is 10.2 Å². The van der Waals surface area contributed by atoms with Crippen LogP contribution in [0.3, 0.4) is 0 Å². The number of aliphatic hydroxyl groups excluding tert-OH is 2. The zero-order valence-electron chi connectivity index (χ0n) is 22.2. The zero-order valence-corrected chi connectivity index (χ0v) is 22.2. The van der Waals surface area contributed by atoms with Crippen LogP contribution >= 0.6 is 0 Å². The fraction of sp³-hybridized carbons (Fsp3) is 0.812. The number of allylic oxidation sites excluding steroid dienone is 1. The highest BCUT2D eigenvalue weighted by molar-refractivity contribution is 5.29. The highest BCUT2D eigenvalue weighted by Crippen LogP contribution is 2.77. The predicted molar refractivity (Wildman–Crippen MR) is 140 cm³/mol. The maximum Gasteiger partial charge on any atom is 0.0631 e. The van der Waals surface area contributed by atoms with Gasteiger partial charge in [-0.15, -0.1) is 13.0 Å². The molecule has 2 heteroatoms. The van der Waals surface area contributed by atoms with Crippen LogP contribution in [0.5, 0.6) is 0 Å². The molecule has 2 nitrogen and oxygen atoms in total. The quantitative estimate of drug-likeness (QED) is 0.357. The van der Waals surface area contributed by atoms with Crippen molar-refractivity contribution in [1.82, 2.24) is 0 Å². The molecule has 5 rings (SSSR count). The average Bonchev–Trinajstić information content (AvgIpc) is 3.22. The molecule has 0 radical (unpaired) electrons. The van der Waals surface area contributed by atoms with Crippen molar-refractivity contribution in [3.8, 4) is 12.3 Å². The second-order valence-electron chi connectivity index (χ2n) is 14.0. The summed E-state index contributed by atoms with van der Waals surface area (Å²) >= 11 is 0. The van der Waals surface area contributed by atoms with Gasteiger partial charge < -0.3 is 10.2 Å².